The van der Waals surface area contributed by atoms with Gasteiger partial charge in [-0.15, -0.1) is 12.4 Å². The van der Waals surface area contributed by atoms with Crippen molar-refractivity contribution in [1.29, 1.82) is 0 Å². The van der Waals surface area contributed by atoms with E-state index in [9.17, 15) is 72.5 Å². The number of nitrogens with zero attached hydrogens (tertiary/aromatic N) is 3. The van der Waals surface area contributed by atoms with Crippen molar-refractivity contribution in [1.82, 2.24) is 15.1 Å². The lowest BCUT2D eigenvalue weighted by molar-refractivity contribution is -0.156. The van der Waals surface area contributed by atoms with Crippen molar-refractivity contribution in [2.45, 2.75) is 224 Å². The number of halogens is 1. The molecular weight excluding hydrogens is 1640 g/mol. The topological polar surface area (TPSA) is 445 Å². The fourth-order valence-electron chi connectivity index (χ4n) is 11.4. The van der Waals surface area contributed by atoms with Gasteiger partial charge in [-0.1, -0.05) is 72.8 Å². The molecule has 34 heteroatoms. The molecule has 0 fully saturated rings. The number of furan rings is 3. The molecule has 0 unspecified atom stereocenters. The van der Waals surface area contributed by atoms with Crippen LogP contribution in [0.5, 0.6) is 34.5 Å². The van der Waals surface area contributed by atoms with Crippen molar-refractivity contribution < 1.29 is 138 Å². The second-order valence-corrected chi connectivity index (χ2v) is 34.1. The average Bonchev–Trinajstić information content (AvgIpc) is 1.53. The van der Waals surface area contributed by atoms with Crippen LogP contribution in [0.2, 0.25) is 0 Å². The Balaban J connectivity index is 0.000000307. The third-order valence-electron chi connectivity index (χ3n) is 16.4. The van der Waals surface area contributed by atoms with Crippen molar-refractivity contribution in [3.63, 3.8) is 0 Å². The molecule has 0 bridgehead atoms. The highest BCUT2D eigenvalue weighted by Gasteiger charge is 2.32. The van der Waals surface area contributed by atoms with Gasteiger partial charge in [0, 0.05) is 98.7 Å². The summed E-state index contributed by atoms with van der Waals surface area (Å²) < 4.78 is 71.1. The van der Waals surface area contributed by atoms with Crippen LogP contribution in [0.3, 0.4) is 0 Å². The number of phenols is 2. The van der Waals surface area contributed by atoms with Crippen molar-refractivity contribution in [2.75, 3.05) is 45.8 Å². The number of rotatable bonds is 27. The van der Waals surface area contributed by atoms with E-state index >= 15 is 0 Å². The Kier molecular flexibility index (Phi) is 36.1. The molecule has 124 heavy (non-hydrogen) atoms. The van der Waals surface area contributed by atoms with Gasteiger partial charge in [-0.2, -0.15) is 0 Å². The number of aliphatic imine (C=N–C) groups is 1. The lowest BCUT2D eigenvalue weighted by atomic mass is 10.0. The largest absolute Gasteiger partial charge is 0.514 e. The molecule has 3 aromatic heterocycles. The van der Waals surface area contributed by atoms with E-state index in [2.05, 4.69) is 10.3 Å². The predicted octanol–water partition coefficient (Wildman–Crippen LogP) is 18.5. The normalized spacial score (nSPS) is 11.5. The first kappa shape index (κ1) is 102. The summed E-state index contributed by atoms with van der Waals surface area (Å²) in [5.41, 5.74) is -3.98. The zero-order valence-corrected chi connectivity index (χ0v) is 74.6. The van der Waals surface area contributed by atoms with E-state index in [1.165, 1.54) is 54.9 Å². The highest BCUT2D eigenvalue weighted by atomic mass is 35.5. The summed E-state index contributed by atoms with van der Waals surface area (Å²) >= 11 is 0. The van der Waals surface area contributed by atoms with Crippen LogP contribution in [0.15, 0.2) is 109 Å². The standard InChI is InChI=1S/C35H45NO11.C21H21NO7.C19H18O6.C15H26N2O5.ClH/c1-21(37)25-20-24-28(22-14-11-12-15-23(22)29(30(24)42-25)44-32(41)47-35(8,9)10)43-26(38)16-13-18-36(31(40)46-34(5,6)7)19-17-27(39)45-33(2,3)4;1-12(23)16-11-15-20(29-18(26)7-4-9-22-10-8-17(24)25)14-6-3-2-5-13(14)19(27)21(15)28-16;1-10(20)14-9-13-15(21)11-7-5-6-8-12(11)16(17(13)23-14)24-18(22)25-19(2,3)4;1-14(2,3)21-12(19)7-9-17(10-8-16-11-18)13(20)22-15(4,5)6;/h11-12,14-15,20H,13,16-19H2,1-10H3;2-3,5-6,11,22,27H,4,7-10H2,1H3,(H,24,25);5-9,21H,1-4H3;7-10H2,1-6H3;1H. The highest BCUT2D eigenvalue weighted by molar-refractivity contribution is 6.15. The molecule has 9 aromatic rings. The molecule has 0 aliphatic carbocycles. The molecule has 672 valence electrons. The number of ether oxygens (including phenoxy) is 10. The number of hydrogen-bond donors (Lipinski definition) is 4. The minimum absolute atomic E-state index is 0. The van der Waals surface area contributed by atoms with Gasteiger partial charge in [0.15, 0.2) is 68.6 Å². The molecule has 4 N–H and O–H groups in total. The fourth-order valence-corrected chi connectivity index (χ4v) is 11.4. The molecule has 0 aliphatic heterocycles. The molecule has 6 aromatic carbocycles. The Bertz CT molecular complexity index is 5430. The van der Waals surface area contributed by atoms with E-state index in [1.807, 2.05) is 0 Å². The number of carboxylic acids is 1. The maximum Gasteiger partial charge on any atom is 0.514 e. The molecule has 9 rings (SSSR count). The number of fused-ring (bicyclic) bond motifs is 6. The molecule has 0 saturated carbocycles. The quantitative estimate of drug-likeness (QED) is 0.00543. The van der Waals surface area contributed by atoms with Gasteiger partial charge in [-0.05, 0) is 162 Å². The number of isocyanates is 1. The minimum atomic E-state index is -0.976. The molecule has 0 aliphatic rings. The van der Waals surface area contributed by atoms with E-state index in [0.717, 1.165) is 0 Å². The Hall–Kier alpha value is -12.6. The molecule has 0 atom stereocenters. The summed E-state index contributed by atoms with van der Waals surface area (Å²) in [5, 5.41) is 36.2. The lowest BCUT2D eigenvalue weighted by Crippen LogP contribution is -2.40. The van der Waals surface area contributed by atoms with Gasteiger partial charge in [0.25, 0.3) is 0 Å². The van der Waals surface area contributed by atoms with Crippen LogP contribution in [0.1, 0.15) is 222 Å². The van der Waals surface area contributed by atoms with Gasteiger partial charge in [0.1, 0.15) is 50.9 Å². The maximum atomic E-state index is 13.2. The number of benzene rings is 6. The van der Waals surface area contributed by atoms with Crippen LogP contribution < -0.4 is 24.3 Å². The molecule has 0 radical (unpaired) electrons. The van der Waals surface area contributed by atoms with Gasteiger partial charge in [0.05, 0.1) is 42.0 Å². The number of carbonyl (C=O) groups excluding carboxylic acids is 12. The van der Waals surface area contributed by atoms with Gasteiger partial charge < -0.3 is 91.1 Å². The zero-order valence-electron chi connectivity index (χ0n) is 73.8. The first-order valence-corrected chi connectivity index (χ1v) is 39.6. The summed E-state index contributed by atoms with van der Waals surface area (Å²) in [5.74, 6) is -3.47. The number of aliphatic carboxylic acids is 1. The number of aromatic hydroxyl groups is 2. The number of hydrogen-bond acceptors (Lipinski definition) is 30. The number of ketones is 3. The summed E-state index contributed by atoms with van der Waals surface area (Å²) in [6.07, 6.45) is -0.962. The Morgan fingerprint density at radius 1 is 0.379 bits per heavy atom. The molecule has 2 amide bonds. The number of Topliss-reactive ketones (excluding diaryl/α,β-unsaturated/α-hetero) is 3. The fraction of sp³-hybridized carbons (Fsp3) is 0.456. The third-order valence-corrected chi connectivity index (χ3v) is 16.4. The monoisotopic (exact) mass is 1750 g/mol. The van der Waals surface area contributed by atoms with E-state index < -0.39 is 88.0 Å². The summed E-state index contributed by atoms with van der Waals surface area (Å²) in [6.45, 7) is 36.7. The third kappa shape index (κ3) is 32.0. The van der Waals surface area contributed by atoms with Crippen LogP contribution in [0.25, 0.3) is 65.2 Å². The lowest BCUT2D eigenvalue weighted by Gasteiger charge is -2.27. The van der Waals surface area contributed by atoms with Gasteiger partial charge in [-0.3, -0.25) is 38.4 Å². The number of phenolic OH excluding ortho intramolecular Hbond substituents is 2. The number of nitrogens with one attached hydrogen (secondary N) is 1. The van der Waals surface area contributed by atoms with Crippen molar-refractivity contribution >= 4 is 155 Å². The van der Waals surface area contributed by atoms with E-state index in [1.54, 1.807) is 197 Å². The van der Waals surface area contributed by atoms with Crippen molar-refractivity contribution in [2.24, 2.45) is 4.99 Å². The first-order chi connectivity index (χ1) is 57.1. The van der Waals surface area contributed by atoms with Crippen molar-refractivity contribution in [3.05, 3.63) is 108 Å². The van der Waals surface area contributed by atoms with Gasteiger partial charge in [0.2, 0.25) is 6.08 Å². The molecule has 0 saturated heterocycles. The van der Waals surface area contributed by atoms with E-state index in [-0.39, 0.29) is 175 Å². The summed E-state index contributed by atoms with van der Waals surface area (Å²) in [7, 11) is 0. The van der Waals surface area contributed by atoms with E-state index in [4.69, 9.17) is 65.7 Å². The Morgan fingerprint density at radius 3 is 1.11 bits per heavy atom. The Labute approximate surface area is 722 Å². The number of carbonyl (C=O) groups is 12. The summed E-state index contributed by atoms with van der Waals surface area (Å²) in [6, 6.07) is 24.8. The van der Waals surface area contributed by atoms with Crippen LogP contribution in [0.4, 0.5) is 19.2 Å². The number of amides is 2. The van der Waals surface area contributed by atoms with Crippen LogP contribution in [-0.2, 0) is 57.2 Å². The van der Waals surface area contributed by atoms with Gasteiger partial charge >= 0.3 is 54.3 Å². The van der Waals surface area contributed by atoms with Crippen LogP contribution >= 0.6 is 12.4 Å². The first-order valence-electron chi connectivity index (χ1n) is 39.6. The van der Waals surface area contributed by atoms with E-state index in [0.29, 0.717) is 62.6 Å². The molecule has 3 heterocycles. The van der Waals surface area contributed by atoms with Crippen LogP contribution in [-0.4, -0.2) is 182 Å². The number of carboxylic acid groups (broad SMARTS) is 1. The molecule has 0 spiro atoms. The smallest absolute Gasteiger partial charge is 0.507 e. The van der Waals surface area contributed by atoms with Gasteiger partial charge in [-0.25, -0.2) is 29.0 Å². The minimum Gasteiger partial charge on any atom is -0.507 e. The summed E-state index contributed by atoms with van der Waals surface area (Å²) in [4.78, 5) is 162. The van der Waals surface area contributed by atoms with Crippen molar-refractivity contribution in [3.8, 4) is 34.5 Å². The molecule has 33 nitrogen and oxygen atoms in total. The second kappa shape index (κ2) is 43.9. The van der Waals surface area contributed by atoms with Crippen LogP contribution in [0, 0.1) is 0 Å². The zero-order chi connectivity index (χ0) is 92.0. The number of esters is 4. The second-order valence-electron chi connectivity index (χ2n) is 34.1. The maximum absolute atomic E-state index is 13.2. The SMILES string of the molecule is CC(=O)c1cc2c(O)c3ccccc3c(OC(=O)OC(C)(C)C)c2o1.CC(=O)c1cc2c(OC(=O)CCCN(CCC(=O)OC(C)(C)C)C(=O)OC(C)(C)C)c3ccccc3c(OC(=O)OC(C)(C)C)c2o1.CC(=O)c1cc2c(OC(=O)CCCNCCC(=O)O)c3ccccc3c(O)c2o1.CC(C)(C)OC(=O)CCN(CCN=C=O)C(=O)OC(C)(C)C.Cl. The Morgan fingerprint density at radius 2 is 0.718 bits per heavy atom. The molecular formula is C90H111ClN4O29. The predicted molar refractivity (Wildman–Crippen MR) is 460 cm³/mol. The average molecular weight is 1750 g/mol. The highest BCUT2D eigenvalue weighted by Crippen LogP contribution is 2.48.